The third-order valence-electron chi connectivity index (χ3n) is 5.28. The van der Waals surface area contributed by atoms with E-state index in [1.807, 2.05) is 18.2 Å². The van der Waals surface area contributed by atoms with Crippen molar-refractivity contribution in [3.63, 3.8) is 0 Å². The molecule has 3 heterocycles. The molecule has 1 aromatic rings. The lowest BCUT2D eigenvalue weighted by molar-refractivity contribution is -0.124. The van der Waals surface area contributed by atoms with Crippen molar-refractivity contribution in [2.75, 3.05) is 32.8 Å². The fourth-order valence-electron chi connectivity index (χ4n) is 3.79. The minimum Gasteiger partial charge on any atom is -0.343 e. The molecule has 0 aliphatic carbocycles. The summed E-state index contributed by atoms with van der Waals surface area (Å²) in [6, 6.07) is 5.78. The highest BCUT2D eigenvalue weighted by Crippen LogP contribution is 2.27. The Bertz CT molecular complexity index is 529. The molecule has 3 rings (SSSR count). The monoisotopic (exact) mass is 362 g/mol. The predicted octanol–water partition coefficient (Wildman–Crippen LogP) is 2.47. The predicted molar refractivity (Wildman–Crippen MR) is 104 cm³/mol. The summed E-state index contributed by atoms with van der Waals surface area (Å²) in [5.74, 6) is -0.303. The highest BCUT2D eigenvalue weighted by Gasteiger charge is 2.33. The molecule has 2 aliphatic heterocycles. The zero-order valence-corrected chi connectivity index (χ0v) is 15.8. The molecular weight excluding hydrogens is 332 g/mol. The van der Waals surface area contributed by atoms with Crippen LogP contribution in [0.4, 0.5) is 0 Å². The fraction of sp³-hybridized carbons (Fsp3) is 0.684. The summed E-state index contributed by atoms with van der Waals surface area (Å²) in [6.45, 7) is 4.80. The van der Waals surface area contributed by atoms with Gasteiger partial charge < -0.3 is 5.32 Å². The molecule has 1 aromatic heterocycles. The third-order valence-corrected chi connectivity index (χ3v) is 5.90. The van der Waals surface area contributed by atoms with Crippen LogP contribution in [0.5, 0.6) is 0 Å². The van der Waals surface area contributed by atoms with Gasteiger partial charge in [0, 0.05) is 6.20 Å². The van der Waals surface area contributed by atoms with Crippen molar-refractivity contribution in [2.45, 2.75) is 49.8 Å². The fourth-order valence-corrected chi connectivity index (χ4v) is 4.31. The number of aromatic nitrogens is 1. The molecular formula is C19H30N4OS. The van der Waals surface area contributed by atoms with Crippen LogP contribution in [-0.2, 0) is 4.79 Å². The molecule has 25 heavy (non-hydrogen) atoms. The van der Waals surface area contributed by atoms with Crippen LogP contribution < -0.4 is 5.32 Å². The van der Waals surface area contributed by atoms with Crippen molar-refractivity contribution in [1.29, 1.82) is 0 Å². The molecule has 2 atom stereocenters. The van der Waals surface area contributed by atoms with Gasteiger partial charge in [0.1, 0.15) is 5.92 Å². The largest absolute Gasteiger partial charge is 0.343 e. The standard InChI is InChI=1S/C19H30N4OS/c24-18(21-15-22-11-5-1-6-12-22)17(16-9-3-4-10-20-16)19(25)23-13-7-2-8-14-23/h3-4,9-10,17,19,25H,1-2,5-8,11-15H2,(H,21,24). The second kappa shape index (κ2) is 9.55. The summed E-state index contributed by atoms with van der Waals surface area (Å²) in [5, 5.41) is 3.01. The number of rotatable bonds is 6. The van der Waals surface area contributed by atoms with E-state index in [0.717, 1.165) is 31.9 Å². The summed E-state index contributed by atoms with van der Waals surface area (Å²) in [7, 11) is 0. The molecule has 2 aliphatic rings. The van der Waals surface area contributed by atoms with Crippen molar-refractivity contribution in [2.24, 2.45) is 0 Å². The second-order valence-electron chi connectivity index (χ2n) is 7.12. The van der Waals surface area contributed by atoms with Crippen LogP contribution in [-0.4, -0.2) is 58.9 Å². The van der Waals surface area contributed by atoms with Gasteiger partial charge in [0.05, 0.1) is 17.7 Å². The Hall–Kier alpha value is -1.11. The molecule has 0 saturated carbocycles. The van der Waals surface area contributed by atoms with E-state index in [9.17, 15) is 4.79 Å². The van der Waals surface area contributed by atoms with Gasteiger partial charge in [-0.15, -0.1) is 0 Å². The number of pyridine rings is 1. The average molecular weight is 363 g/mol. The Kier molecular flexibility index (Phi) is 7.13. The number of hydrogen-bond acceptors (Lipinski definition) is 5. The zero-order valence-electron chi connectivity index (χ0n) is 14.9. The van der Waals surface area contributed by atoms with Crippen molar-refractivity contribution in [3.8, 4) is 0 Å². The summed E-state index contributed by atoms with van der Waals surface area (Å²) in [5.41, 5.74) is 0.809. The molecule has 1 amide bonds. The summed E-state index contributed by atoms with van der Waals surface area (Å²) in [6.07, 6.45) is 9.14. The van der Waals surface area contributed by atoms with E-state index in [-0.39, 0.29) is 17.2 Å². The number of amides is 1. The number of carbonyl (C=O) groups excluding carboxylic acids is 1. The van der Waals surface area contributed by atoms with Gasteiger partial charge in [0.15, 0.2) is 0 Å². The van der Waals surface area contributed by atoms with Gasteiger partial charge in [-0.05, 0) is 64.0 Å². The van der Waals surface area contributed by atoms with Crippen LogP contribution in [0.3, 0.4) is 0 Å². The first-order valence-electron chi connectivity index (χ1n) is 9.59. The van der Waals surface area contributed by atoms with Gasteiger partial charge in [-0.1, -0.05) is 18.9 Å². The molecule has 0 radical (unpaired) electrons. The van der Waals surface area contributed by atoms with Crippen LogP contribution >= 0.6 is 12.6 Å². The Morgan fingerprint density at radius 3 is 2.40 bits per heavy atom. The van der Waals surface area contributed by atoms with Gasteiger partial charge >= 0.3 is 0 Å². The zero-order chi connectivity index (χ0) is 17.5. The molecule has 1 N–H and O–H groups in total. The van der Waals surface area contributed by atoms with E-state index < -0.39 is 0 Å². The maximum absolute atomic E-state index is 13.0. The third kappa shape index (κ3) is 5.19. The number of carbonyl (C=O) groups is 1. The first-order chi connectivity index (χ1) is 12.3. The van der Waals surface area contributed by atoms with Crippen LogP contribution in [0.15, 0.2) is 24.4 Å². The molecule has 0 aromatic carbocycles. The van der Waals surface area contributed by atoms with Crippen molar-refractivity contribution < 1.29 is 4.79 Å². The maximum atomic E-state index is 13.0. The van der Waals surface area contributed by atoms with Crippen LogP contribution in [0, 0.1) is 0 Å². The topological polar surface area (TPSA) is 48.5 Å². The molecule has 2 fully saturated rings. The quantitative estimate of drug-likeness (QED) is 0.764. The SMILES string of the molecule is O=C(NCN1CCCCC1)C(c1ccccn1)C(S)N1CCCCC1. The molecule has 2 unspecified atom stereocenters. The molecule has 6 heteroatoms. The van der Waals surface area contributed by atoms with Crippen molar-refractivity contribution in [3.05, 3.63) is 30.1 Å². The molecule has 0 spiro atoms. The number of piperidine rings is 2. The lowest BCUT2D eigenvalue weighted by atomic mass is 10.0. The van der Waals surface area contributed by atoms with Crippen LogP contribution in [0.1, 0.15) is 50.1 Å². The number of likely N-dealkylation sites (tertiary alicyclic amines) is 2. The van der Waals surface area contributed by atoms with Gasteiger partial charge in [0.2, 0.25) is 5.91 Å². The molecule has 5 nitrogen and oxygen atoms in total. The second-order valence-corrected chi connectivity index (χ2v) is 7.65. The van der Waals surface area contributed by atoms with E-state index in [4.69, 9.17) is 12.6 Å². The minimum absolute atomic E-state index is 0.0369. The lowest BCUT2D eigenvalue weighted by Gasteiger charge is -2.36. The summed E-state index contributed by atoms with van der Waals surface area (Å²) < 4.78 is 0. The van der Waals surface area contributed by atoms with Crippen LogP contribution in [0.25, 0.3) is 0 Å². The van der Waals surface area contributed by atoms with Gasteiger partial charge in [-0.2, -0.15) is 12.6 Å². The Morgan fingerprint density at radius 2 is 1.76 bits per heavy atom. The number of thiol groups is 1. The van der Waals surface area contributed by atoms with E-state index in [2.05, 4.69) is 20.1 Å². The first-order valence-corrected chi connectivity index (χ1v) is 10.1. The first kappa shape index (κ1) is 18.7. The smallest absolute Gasteiger partial charge is 0.232 e. The molecule has 2 saturated heterocycles. The highest BCUT2D eigenvalue weighted by molar-refractivity contribution is 7.81. The lowest BCUT2D eigenvalue weighted by Crippen LogP contribution is -2.47. The maximum Gasteiger partial charge on any atom is 0.232 e. The Labute approximate surface area is 156 Å². The van der Waals surface area contributed by atoms with E-state index in [1.165, 1.54) is 38.5 Å². The number of nitrogens with zero attached hydrogens (tertiary/aromatic N) is 3. The summed E-state index contributed by atoms with van der Waals surface area (Å²) in [4.78, 5) is 22.1. The number of nitrogens with one attached hydrogen (secondary N) is 1. The molecule has 138 valence electrons. The summed E-state index contributed by atoms with van der Waals surface area (Å²) >= 11 is 4.85. The van der Waals surface area contributed by atoms with Crippen molar-refractivity contribution in [1.82, 2.24) is 20.1 Å². The van der Waals surface area contributed by atoms with Gasteiger partial charge in [-0.3, -0.25) is 19.6 Å². The normalized spacial score (nSPS) is 22.3. The number of hydrogen-bond donors (Lipinski definition) is 2. The van der Waals surface area contributed by atoms with Crippen molar-refractivity contribution >= 4 is 18.5 Å². The Balaban J connectivity index is 1.67. The molecule has 0 bridgehead atoms. The van der Waals surface area contributed by atoms with Gasteiger partial charge in [0.25, 0.3) is 0 Å². The highest BCUT2D eigenvalue weighted by atomic mass is 32.1. The average Bonchev–Trinajstić information content (AvgIpc) is 2.69. The van der Waals surface area contributed by atoms with Crippen LogP contribution in [0.2, 0.25) is 0 Å². The minimum atomic E-state index is -0.340. The van der Waals surface area contributed by atoms with Gasteiger partial charge in [-0.25, -0.2) is 0 Å². The Morgan fingerprint density at radius 1 is 1.08 bits per heavy atom. The van der Waals surface area contributed by atoms with E-state index in [0.29, 0.717) is 6.67 Å². The van der Waals surface area contributed by atoms with E-state index >= 15 is 0 Å². The van der Waals surface area contributed by atoms with E-state index in [1.54, 1.807) is 6.20 Å².